The number of sulfone groups is 1. The molecule has 28 heavy (non-hydrogen) atoms. The van der Waals surface area contributed by atoms with E-state index in [-0.39, 0.29) is 32.8 Å². The Hall–Kier alpha value is -2.22. The van der Waals surface area contributed by atoms with E-state index in [9.17, 15) is 17.6 Å². The lowest BCUT2D eigenvalue weighted by molar-refractivity contribution is -0.116. The van der Waals surface area contributed by atoms with Gasteiger partial charge in [0, 0.05) is 27.6 Å². The first-order valence-corrected chi connectivity index (χ1v) is 11.2. The zero-order valence-electron chi connectivity index (χ0n) is 14.7. The SMILES string of the molecule is Cc1cccc(S(=O)(=O)c2csc3c2NC(=O)C[C@H]3c2ccc(F)cc2Cl)c1. The smallest absolute Gasteiger partial charge is 0.225 e. The molecule has 0 radical (unpaired) electrons. The molecule has 8 heteroatoms. The quantitative estimate of drug-likeness (QED) is 0.618. The first-order chi connectivity index (χ1) is 13.3. The summed E-state index contributed by atoms with van der Waals surface area (Å²) in [5.41, 5.74) is 1.71. The monoisotopic (exact) mass is 435 g/mol. The zero-order chi connectivity index (χ0) is 20.1. The summed E-state index contributed by atoms with van der Waals surface area (Å²) in [5.74, 6) is -1.21. The number of anilines is 1. The van der Waals surface area contributed by atoms with Crippen molar-refractivity contribution in [1.82, 2.24) is 0 Å². The van der Waals surface area contributed by atoms with Gasteiger partial charge in [-0.1, -0.05) is 29.8 Å². The Labute approximate surface area is 170 Å². The number of nitrogens with one attached hydrogen (secondary N) is 1. The van der Waals surface area contributed by atoms with Crippen molar-refractivity contribution in [2.45, 2.75) is 29.1 Å². The molecule has 4 nitrogen and oxygen atoms in total. The molecule has 0 spiro atoms. The zero-order valence-corrected chi connectivity index (χ0v) is 17.1. The van der Waals surface area contributed by atoms with E-state index >= 15 is 0 Å². The average molecular weight is 436 g/mol. The number of thiophene rings is 1. The van der Waals surface area contributed by atoms with E-state index in [1.54, 1.807) is 23.6 Å². The molecule has 2 aromatic carbocycles. The number of amides is 1. The number of rotatable bonds is 3. The van der Waals surface area contributed by atoms with Gasteiger partial charge in [0.15, 0.2) is 0 Å². The number of benzene rings is 2. The molecule has 1 N–H and O–H groups in total. The number of hydrogen-bond donors (Lipinski definition) is 1. The first kappa shape index (κ1) is 19.1. The van der Waals surface area contributed by atoms with Crippen molar-refractivity contribution in [3.8, 4) is 0 Å². The van der Waals surface area contributed by atoms with Gasteiger partial charge in [-0.3, -0.25) is 4.79 Å². The van der Waals surface area contributed by atoms with Gasteiger partial charge in [-0.25, -0.2) is 12.8 Å². The number of hydrogen-bond acceptors (Lipinski definition) is 4. The minimum Gasteiger partial charge on any atom is -0.324 e. The molecule has 0 bridgehead atoms. The molecule has 1 atom stereocenters. The molecular formula is C20H15ClFNO3S2. The second kappa shape index (κ2) is 6.99. The summed E-state index contributed by atoms with van der Waals surface area (Å²) >= 11 is 7.45. The van der Waals surface area contributed by atoms with Crippen LogP contribution in [0.3, 0.4) is 0 Å². The van der Waals surface area contributed by atoms with Gasteiger partial charge in [0.25, 0.3) is 0 Å². The second-order valence-corrected chi connectivity index (χ2v) is 9.87. The molecule has 0 fully saturated rings. The summed E-state index contributed by atoms with van der Waals surface area (Å²) in [7, 11) is -3.80. The Morgan fingerprint density at radius 2 is 2.00 bits per heavy atom. The molecular weight excluding hydrogens is 421 g/mol. The van der Waals surface area contributed by atoms with E-state index < -0.39 is 21.6 Å². The summed E-state index contributed by atoms with van der Waals surface area (Å²) in [6, 6.07) is 10.6. The van der Waals surface area contributed by atoms with Gasteiger partial charge in [0.05, 0.1) is 10.6 Å². The summed E-state index contributed by atoms with van der Waals surface area (Å²) in [6.07, 6.45) is 0.114. The lowest BCUT2D eigenvalue weighted by Crippen LogP contribution is -2.23. The highest BCUT2D eigenvalue weighted by atomic mass is 35.5. The Bertz CT molecular complexity index is 1200. The minimum atomic E-state index is -3.80. The van der Waals surface area contributed by atoms with E-state index in [1.165, 1.54) is 29.5 Å². The predicted octanol–water partition coefficient (Wildman–Crippen LogP) is 5.16. The third-order valence-corrected chi connectivity index (χ3v) is 8.03. The van der Waals surface area contributed by atoms with E-state index in [4.69, 9.17) is 11.6 Å². The highest BCUT2D eigenvalue weighted by molar-refractivity contribution is 7.91. The van der Waals surface area contributed by atoms with Crippen LogP contribution in [0, 0.1) is 12.7 Å². The number of halogens is 2. The highest BCUT2D eigenvalue weighted by Gasteiger charge is 2.35. The first-order valence-electron chi connectivity index (χ1n) is 8.45. The van der Waals surface area contributed by atoms with Gasteiger partial charge in [0.1, 0.15) is 10.7 Å². The number of carbonyl (C=O) groups excluding carboxylic acids is 1. The summed E-state index contributed by atoms with van der Waals surface area (Å²) in [5, 5.41) is 4.46. The van der Waals surface area contributed by atoms with Crippen molar-refractivity contribution in [3.63, 3.8) is 0 Å². The van der Waals surface area contributed by atoms with Crippen molar-refractivity contribution in [3.05, 3.63) is 74.7 Å². The molecule has 144 valence electrons. The predicted molar refractivity (Wildman–Crippen MR) is 107 cm³/mol. The maximum atomic E-state index is 13.4. The van der Waals surface area contributed by atoms with Crippen LogP contribution in [0.1, 0.15) is 28.3 Å². The Morgan fingerprint density at radius 1 is 1.21 bits per heavy atom. The molecule has 0 aliphatic carbocycles. The van der Waals surface area contributed by atoms with Gasteiger partial charge in [0.2, 0.25) is 15.7 Å². The molecule has 0 unspecified atom stereocenters. The van der Waals surface area contributed by atoms with Gasteiger partial charge in [-0.05, 0) is 42.3 Å². The number of fused-ring (bicyclic) bond motifs is 1. The van der Waals surface area contributed by atoms with Gasteiger partial charge in [-0.15, -0.1) is 11.3 Å². The number of aryl methyl sites for hydroxylation is 1. The van der Waals surface area contributed by atoms with Crippen LogP contribution in [0.4, 0.5) is 10.1 Å². The van der Waals surface area contributed by atoms with Crippen LogP contribution in [-0.4, -0.2) is 14.3 Å². The highest BCUT2D eigenvalue weighted by Crippen LogP contribution is 2.47. The lowest BCUT2D eigenvalue weighted by atomic mass is 9.90. The van der Waals surface area contributed by atoms with Crippen molar-refractivity contribution >= 4 is 44.4 Å². The topological polar surface area (TPSA) is 63.2 Å². The van der Waals surface area contributed by atoms with E-state index in [0.29, 0.717) is 10.4 Å². The second-order valence-electron chi connectivity index (χ2n) is 6.63. The van der Waals surface area contributed by atoms with Crippen LogP contribution < -0.4 is 5.32 Å². The average Bonchev–Trinajstić information content (AvgIpc) is 3.05. The molecule has 3 aromatic rings. The molecule has 0 saturated carbocycles. The van der Waals surface area contributed by atoms with E-state index in [2.05, 4.69) is 5.32 Å². The van der Waals surface area contributed by atoms with Crippen LogP contribution in [0.2, 0.25) is 5.02 Å². The fraction of sp³-hybridized carbons (Fsp3) is 0.150. The molecule has 1 aliphatic rings. The normalized spacial score (nSPS) is 16.5. The third kappa shape index (κ3) is 3.23. The van der Waals surface area contributed by atoms with Crippen molar-refractivity contribution in [1.29, 1.82) is 0 Å². The van der Waals surface area contributed by atoms with E-state index in [0.717, 1.165) is 5.56 Å². The standard InChI is InChI=1S/C20H15ClFNO3S2/c1-11-3-2-4-13(7-11)28(25,26)17-10-27-20-15(9-18(24)23-19(17)20)14-6-5-12(22)8-16(14)21/h2-8,10,15H,9H2,1H3,(H,23,24)/t15-/m0/s1. The summed E-state index contributed by atoms with van der Waals surface area (Å²) < 4.78 is 39.7. The van der Waals surface area contributed by atoms with Crippen LogP contribution in [0.15, 0.2) is 57.6 Å². The fourth-order valence-electron chi connectivity index (χ4n) is 3.35. The van der Waals surface area contributed by atoms with Gasteiger partial charge in [-0.2, -0.15) is 0 Å². The lowest BCUT2D eigenvalue weighted by Gasteiger charge is -2.24. The fourth-order valence-corrected chi connectivity index (χ4v) is 6.65. The molecule has 1 amide bonds. The Morgan fingerprint density at radius 3 is 2.71 bits per heavy atom. The minimum absolute atomic E-state index is 0.0642. The van der Waals surface area contributed by atoms with Gasteiger partial charge >= 0.3 is 0 Å². The molecule has 4 rings (SSSR count). The molecule has 1 aliphatic heterocycles. The molecule has 0 saturated heterocycles. The van der Waals surface area contributed by atoms with Crippen molar-refractivity contribution < 1.29 is 17.6 Å². The summed E-state index contributed by atoms with van der Waals surface area (Å²) in [6.45, 7) is 1.82. The van der Waals surface area contributed by atoms with Crippen LogP contribution in [0.5, 0.6) is 0 Å². The largest absolute Gasteiger partial charge is 0.324 e. The molecule has 1 aromatic heterocycles. The van der Waals surface area contributed by atoms with Crippen LogP contribution >= 0.6 is 22.9 Å². The number of carbonyl (C=O) groups is 1. The summed E-state index contributed by atoms with van der Waals surface area (Å²) in [4.78, 5) is 13.3. The maximum Gasteiger partial charge on any atom is 0.225 e. The van der Waals surface area contributed by atoms with Crippen LogP contribution in [-0.2, 0) is 14.6 Å². The van der Waals surface area contributed by atoms with Crippen molar-refractivity contribution in [2.75, 3.05) is 5.32 Å². The van der Waals surface area contributed by atoms with Gasteiger partial charge < -0.3 is 5.32 Å². The van der Waals surface area contributed by atoms with E-state index in [1.807, 2.05) is 13.0 Å². The Balaban J connectivity index is 1.85. The Kier molecular flexibility index (Phi) is 4.77. The maximum absolute atomic E-state index is 13.4. The third-order valence-electron chi connectivity index (χ3n) is 4.68. The molecule has 2 heterocycles. The van der Waals surface area contributed by atoms with Crippen LogP contribution in [0.25, 0.3) is 0 Å². The van der Waals surface area contributed by atoms with Crippen molar-refractivity contribution in [2.24, 2.45) is 0 Å².